The lowest BCUT2D eigenvalue weighted by Crippen LogP contribution is -2.39. The topological polar surface area (TPSA) is 32.7 Å². The highest BCUT2D eigenvalue weighted by Crippen LogP contribution is 2.32. The highest BCUT2D eigenvalue weighted by atomic mass is 19.3. The van der Waals surface area contributed by atoms with Crippen LogP contribution in [0.25, 0.3) is 0 Å². The zero-order valence-electron chi connectivity index (χ0n) is 13.3. The molecule has 1 aromatic rings. The Hall–Kier alpha value is -1.04. The van der Waals surface area contributed by atoms with Gasteiger partial charge in [-0.05, 0) is 43.2 Å². The van der Waals surface area contributed by atoms with Crippen LogP contribution in [0.2, 0.25) is 0 Å². The lowest BCUT2D eigenvalue weighted by atomic mass is 9.89. The summed E-state index contributed by atoms with van der Waals surface area (Å²) in [6.07, 6.45) is 1.95. The van der Waals surface area contributed by atoms with Crippen molar-refractivity contribution in [3.05, 3.63) is 35.4 Å². The van der Waals surface area contributed by atoms with Gasteiger partial charge in [0.05, 0.1) is 25.4 Å². The fraction of sp³-hybridized carbons (Fsp3) is 0.667. The first kappa shape index (κ1) is 16.8. The van der Waals surface area contributed by atoms with E-state index >= 15 is 0 Å². The zero-order chi connectivity index (χ0) is 16.2. The van der Waals surface area contributed by atoms with Crippen LogP contribution in [0.1, 0.15) is 42.9 Å². The summed E-state index contributed by atoms with van der Waals surface area (Å²) in [5.74, 6) is 0. The predicted molar refractivity (Wildman–Crippen MR) is 84.7 cm³/mol. The van der Waals surface area contributed by atoms with Gasteiger partial charge in [-0.3, -0.25) is 4.90 Å². The van der Waals surface area contributed by atoms with Gasteiger partial charge in [0.15, 0.2) is 0 Å². The Kier molecular flexibility index (Phi) is 5.62. The maximum Gasteiger partial charge on any atom is 0.251 e. The summed E-state index contributed by atoms with van der Waals surface area (Å²) < 4.78 is 31.1. The first-order chi connectivity index (χ1) is 11.1. The number of aryl methyl sites for hydroxylation is 1. The molecule has 2 aliphatic carbocycles. The van der Waals surface area contributed by atoms with E-state index in [1.54, 1.807) is 4.90 Å². The molecule has 2 unspecified atom stereocenters. The van der Waals surface area contributed by atoms with Crippen LogP contribution in [0, 0.1) is 0 Å². The molecule has 1 N–H and O–H groups in total. The van der Waals surface area contributed by atoms with Gasteiger partial charge in [0.1, 0.15) is 0 Å². The highest BCUT2D eigenvalue weighted by Gasteiger charge is 2.32. The van der Waals surface area contributed by atoms with Gasteiger partial charge in [-0.1, -0.05) is 24.3 Å². The van der Waals surface area contributed by atoms with E-state index in [-0.39, 0.29) is 31.8 Å². The lowest BCUT2D eigenvalue weighted by Gasteiger charge is -2.28. The van der Waals surface area contributed by atoms with Crippen LogP contribution in [0.15, 0.2) is 24.3 Å². The molecule has 0 aliphatic heterocycles. The third kappa shape index (κ3) is 4.72. The van der Waals surface area contributed by atoms with Gasteiger partial charge < -0.3 is 9.84 Å². The van der Waals surface area contributed by atoms with Crippen LogP contribution in [-0.2, 0) is 11.2 Å². The molecule has 3 rings (SSSR count). The van der Waals surface area contributed by atoms with Crippen LogP contribution < -0.4 is 0 Å². The third-order valence-electron chi connectivity index (χ3n) is 4.69. The van der Waals surface area contributed by atoms with Crippen molar-refractivity contribution in [2.24, 2.45) is 0 Å². The van der Waals surface area contributed by atoms with Crippen molar-refractivity contribution in [1.29, 1.82) is 0 Å². The Labute approximate surface area is 136 Å². The molecule has 0 heterocycles. The van der Waals surface area contributed by atoms with E-state index in [0.717, 1.165) is 32.1 Å². The second-order valence-corrected chi connectivity index (χ2v) is 6.64. The van der Waals surface area contributed by atoms with Crippen molar-refractivity contribution in [2.45, 2.75) is 56.8 Å². The van der Waals surface area contributed by atoms with Crippen molar-refractivity contribution in [3.63, 3.8) is 0 Å². The number of hydrogen-bond donors (Lipinski definition) is 1. The Morgan fingerprint density at radius 2 is 1.96 bits per heavy atom. The minimum atomic E-state index is -2.35. The summed E-state index contributed by atoms with van der Waals surface area (Å²) in [5.41, 5.74) is 2.52. The second kappa shape index (κ2) is 7.69. The second-order valence-electron chi connectivity index (χ2n) is 6.64. The minimum absolute atomic E-state index is 0.0130. The molecule has 0 saturated heterocycles. The molecule has 0 amide bonds. The van der Waals surface area contributed by atoms with E-state index in [4.69, 9.17) is 4.74 Å². The first-order valence-corrected chi connectivity index (χ1v) is 8.53. The standard InChI is InChI=1S/C18H25F2NO2/c19-18(20)11-21(14-8-9-14)10-15(22)12-23-17-7-3-5-13-4-1-2-6-16(13)17/h1-2,4,6,14-15,17-18,22H,3,5,7-12H2. The van der Waals surface area contributed by atoms with Crippen molar-refractivity contribution >= 4 is 0 Å². The molecule has 2 aliphatic rings. The summed E-state index contributed by atoms with van der Waals surface area (Å²) in [6, 6.07) is 8.47. The molecular weight excluding hydrogens is 300 g/mol. The van der Waals surface area contributed by atoms with E-state index < -0.39 is 12.5 Å². The normalized spacial score (nSPS) is 22.4. The number of fused-ring (bicyclic) bond motifs is 1. The number of benzene rings is 1. The van der Waals surface area contributed by atoms with E-state index in [1.165, 1.54) is 11.1 Å². The molecule has 0 radical (unpaired) electrons. The van der Waals surface area contributed by atoms with Gasteiger partial charge in [0, 0.05) is 12.6 Å². The number of alkyl halides is 2. The number of aliphatic hydroxyl groups excluding tert-OH is 1. The van der Waals surface area contributed by atoms with Crippen LogP contribution in [0.3, 0.4) is 0 Å². The maximum atomic E-state index is 12.6. The van der Waals surface area contributed by atoms with E-state index in [9.17, 15) is 13.9 Å². The molecular formula is C18H25F2NO2. The van der Waals surface area contributed by atoms with Crippen molar-refractivity contribution in [2.75, 3.05) is 19.7 Å². The Morgan fingerprint density at radius 3 is 2.70 bits per heavy atom. The monoisotopic (exact) mass is 325 g/mol. The molecule has 0 aromatic heterocycles. The molecule has 1 saturated carbocycles. The fourth-order valence-corrected chi connectivity index (χ4v) is 3.42. The van der Waals surface area contributed by atoms with Crippen LogP contribution in [-0.4, -0.2) is 48.3 Å². The molecule has 0 spiro atoms. The smallest absolute Gasteiger partial charge is 0.251 e. The van der Waals surface area contributed by atoms with Gasteiger partial charge in [-0.25, -0.2) is 8.78 Å². The van der Waals surface area contributed by atoms with Gasteiger partial charge in [-0.15, -0.1) is 0 Å². The zero-order valence-corrected chi connectivity index (χ0v) is 13.3. The van der Waals surface area contributed by atoms with E-state index in [2.05, 4.69) is 12.1 Å². The Bertz CT molecular complexity index is 508. The fourth-order valence-electron chi connectivity index (χ4n) is 3.42. The van der Waals surface area contributed by atoms with E-state index in [0.29, 0.717) is 0 Å². The molecule has 23 heavy (non-hydrogen) atoms. The summed E-state index contributed by atoms with van der Waals surface area (Å²) in [5, 5.41) is 10.2. The van der Waals surface area contributed by atoms with Gasteiger partial charge in [0.25, 0.3) is 6.43 Å². The minimum Gasteiger partial charge on any atom is -0.389 e. The highest BCUT2D eigenvalue weighted by molar-refractivity contribution is 5.31. The molecule has 1 fully saturated rings. The van der Waals surface area contributed by atoms with Crippen LogP contribution in [0.4, 0.5) is 8.78 Å². The lowest BCUT2D eigenvalue weighted by molar-refractivity contribution is -0.0344. The maximum absolute atomic E-state index is 12.6. The number of nitrogens with zero attached hydrogens (tertiary/aromatic N) is 1. The van der Waals surface area contributed by atoms with Crippen molar-refractivity contribution < 1.29 is 18.6 Å². The predicted octanol–water partition coefficient (Wildman–Crippen LogP) is 3.17. The largest absolute Gasteiger partial charge is 0.389 e. The molecule has 3 nitrogen and oxygen atoms in total. The summed E-state index contributed by atoms with van der Waals surface area (Å²) in [6.45, 7) is 0.211. The molecule has 128 valence electrons. The summed E-state index contributed by atoms with van der Waals surface area (Å²) >= 11 is 0. The Balaban J connectivity index is 1.50. The SMILES string of the molecule is OC(COC1CCCc2ccccc21)CN(CC(F)F)C1CC1. The third-order valence-corrected chi connectivity index (χ3v) is 4.69. The Morgan fingerprint density at radius 1 is 1.17 bits per heavy atom. The number of hydrogen-bond acceptors (Lipinski definition) is 3. The molecule has 2 atom stereocenters. The van der Waals surface area contributed by atoms with Crippen molar-refractivity contribution in [1.82, 2.24) is 4.90 Å². The van der Waals surface area contributed by atoms with Gasteiger partial charge >= 0.3 is 0 Å². The molecule has 5 heteroatoms. The van der Waals surface area contributed by atoms with Gasteiger partial charge in [0.2, 0.25) is 0 Å². The summed E-state index contributed by atoms with van der Waals surface area (Å²) in [4.78, 5) is 1.70. The first-order valence-electron chi connectivity index (χ1n) is 8.53. The van der Waals surface area contributed by atoms with Crippen LogP contribution >= 0.6 is 0 Å². The number of ether oxygens (including phenoxy) is 1. The van der Waals surface area contributed by atoms with Crippen LogP contribution in [0.5, 0.6) is 0 Å². The summed E-state index contributed by atoms with van der Waals surface area (Å²) in [7, 11) is 0. The quantitative estimate of drug-likeness (QED) is 0.797. The molecule has 1 aromatic carbocycles. The van der Waals surface area contributed by atoms with E-state index in [1.807, 2.05) is 12.1 Å². The molecule has 0 bridgehead atoms. The average Bonchev–Trinajstić information content (AvgIpc) is 3.36. The van der Waals surface area contributed by atoms with Crippen molar-refractivity contribution in [3.8, 4) is 0 Å². The number of halogens is 2. The number of rotatable bonds is 8. The number of aliphatic hydroxyl groups is 1. The van der Waals surface area contributed by atoms with Gasteiger partial charge in [-0.2, -0.15) is 0 Å². The average molecular weight is 325 g/mol.